The lowest BCUT2D eigenvalue weighted by atomic mass is 10.2. The Bertz CT molecular complexity index is 268. The highest BCUT2D eigenvalue weighted by atomic mass is 35.5. The van der Waals surface area contributed by atoms with Crippen LogP contribution >= 0.6 is 11.6 Å². The van der Waals surface area contributed by atoms with E-state index in [1.165, 1.54) is 0 Å². The van der Waals surface area contributed by atoms with Gasteiger partial charge in [0.15, 0.2) is 0 Å². The first-order valence-electron chi connectivity index (χ1n) is 3.86. The van der Waals surface area contributed by atoms with Gasteiger partial charge in [0.2, 0.25) is 0 Å². The third-order valence-corrected chi connectivity index (χ3v) is 1.84. The lowest BCUT2D eigenvalue weighted by Gasteiger charge is -1.95. The standard InChI is InChI=1S/C10H11ClO/c11-10-7-2-1-5-9(10)6-3-4-8-12/h1-3,5-7,12H,4,8H2/b6-3-. The maximum absolute atomic E-state index is 8.53. The molecule has 12 heavy (non-hydrogen) atoms. The van der Waals surface area contributed by atoms with Gasteiger partial charge in [-0.2, -0.15) is 0 Å². The van der Waals surface area contributed by atoms with Gasteiger partial charge in [0, 0.05) is 11.6 Å². The van der Waals surface area contributed by atoms with Gasteiger partial charge >= 0.3 is 0 Å². The summed E-state index contributed by atoms with van der Waals surface area (Å²) in [5.74, 6) is 0. The second-order valence-electron chi connectivity index (χ2n) is 2.44. The SMILES string of the molecule is OCC/C=C\c1ccccc1Cl. The number of hydrogen-bond donors (Lipinski definition) is 1. The van der Waals surface area contributed by atoms with E-state index < -0.39 is 0 Å². The number of rotatable bonds is 3. The molecule has 0 aliphatic carbocycles. The van der Waals surface area contributed by atoms with Crippen LogP contribution in [-0.2, 0) is 0 Å². The lowest BCUT2D eigenvalue weighted by molar-refractivity contribution is 0.303. The van der Waals surface area contributed by atoms with Crippen molar-refractivity contribution in [2.75, 3.05) is 6.61 Å². The van der Waals surface area contributed by atoms with Crippen LogP contribution in [0.4, 0.5) is 0 Å². The molecule has 1 nitrogen and oxygen atoms in total. The van der Waals surface area contributed by atoms with Gasteiger partial charge in [0.05, 0.1) is 0 Å². The molecule has 1 rings (SSSR count). The fraction of sp³-hybridized carbons (Fsp3) is 0.200. The van der Waals surface area contributed by atoms with E-state index in [1.54, 1.807) is 0 Å². The first-order valence-corrected chi connectivity index (χ1v) is 4.24. The normalized spacial score (nSPS) is 10.8. The third-order valence-electron chi connectivity index (χ3n) is 1.50. The van der Waals surface area contributed by atoms with Crippen molar-refractivity contribution < 1.29 is 5.11 Å². The number of halogens is 1. The molecule has 1 N–H and O–H groups in total. The molecule has 0 atom stereocenters. The quantitative estimate of drug-likeness (QED) is 0.762. The maximum atomic E-state index is 8.53. The average molecular weight is 183 g/mol. The third kappa shape index (κ3) is 2.68. The zero-order chi connectivity index (χ0) is 8.81. The minimum Gasteiger partial charge on any atom is -0.396 e. The fourth-order valence-corrected chi connectivity index (χ4v) is 1.09. The highest BCUT2D eigenvalue weighted by molar-refractivity contribution is 6.32. The van der Waals surface area contributed by atoms with Crippen LogP contribution in [-0.4, -0.2) is 11.7 Å². The Balaban J connectivity index is 2.68. The van der Waals surface area contributed by atoms with E-state index in [0.29, 0.717) is 6.42 Å². The number of benzene rings is 1. The average Bonchev–Trinajstić information content (AvgIpc) is 2.09. The molecule has 0 aliphatic heterocycles. The van der Waals surface area contributed by atoms with Crippen molar-refractivity contribution in [2.24, 2.45) is 0 Å². The van der Waals surface area contributed by atoms with Crippen LogP contribution in [0.3, 0.4) is 0 Å². The molecule has 1 aromatic carbocycles. The van der Waals surface area contributed by atoms with Crippen molar-refractivity contribution in [1.82, 2.24) is 0 Å². The highest BCUT2D eigenvalue weighted by Crippen LogP contribution is 2.16. The Morgan fingerprint density at radius 1 is 1.33 bits per heavy atom. The zero-order valence-corrected chi connectivity index (χ0v) is 7.46. The molecule has 0 saturated heterocycles. The Morgan fingerprint density at radius 3 is 2.75 bits per heavy atom. The van der Waals surface area contributed by atoms with Gasteiger partial charge in [0.1, 0.15) is 0 Å². The molecule has 0 aromatic heterocycles. The molecule has 0 saturated carbocycles. The van der Waals surface area contributed by atoms with Crippen LogP contribution in [0, 0.1) is 0 Å². The van der Waals surface area contributed by atoms with Crippen LogP contribution in [0.25, 0.3) is 6.08 Å². The van der Waals surface area contributed by atoms with E-state index in [9.17, 15) is 0 Å². The largest absolute Gasteiger partial charge is 0.396 e. The van der Waals surface area contributed by atoms with Crippen molar-refractivity contribution in [3.8, 4) is 0 Å². The fourth-order valence-electron chi connectivity index (χ4n) is 0.895. The molecule has 1 aromatic rings. The van der Waals surface area contributed by atoms with E-state index in [-0.39, 0.29) is 6.61 Å². The molecule has 2 heteroatoms. The van der Waals surface area contributed by atoms with Gasteiger partial charge in [-0.1, -0.05) is 42.0 Å². The van der Waals surface area contributed by atoms with Crippen LogP contribution in [0.2, 0.25) is 5.02 Å². The molecule has 64 valence electrons. The van der Waals surface area contributed by atoms with Crippen LogP contribution < -0.4 is 0 Å². The number of aliphatic hydroxyl groups is 1. The Hall–Kier alpha value is -0.790. The number of hydrogen-bond acceptors (Lipinski definition) is 1. The van der Waals surface area contributed by atoms with E-state index in [1.807, 2.05) is 36.4 Å². The van der Waals surface area contributed by atoms with E-state index in [0.717, 1.165) is 10.6 Å². The maximum Gasteiger partial charge on any atom is 0.0478 e. The second-order valence-corrected chi connectivity index (χ2v) is 2.84. The molecule has 0 spiro atoms. The van der Waals surface area contributed by atoms with E-state index in [4.69, 9.17) is 16.7 Å². The molecular weight excluding hydrogens is 172 g/mol. The summed E-state index contributed by atoms with van der Waals surface area (Å²) in [7, 11) is 0. The molecule has 0 fully saturated rings. The monoisotopic (exact) mass is 182 g/mol. The van der Waals surface area contributed by atoms with E-state index >= 15 is 0 Å². The predicted octanol–water partition coefficient (Wildman–Crippen LogP) is 2.74. The minimum absolute atomic E-state index is 0.182. The summed E-state index contributed by atoms with van der Waals surface area (Å²) in [6.45, 7) is 0.182. The van der Waals surface area contributed by atoms with Crippen molar-refractivity contribution in [3.63, 3.8) is 0 Å². The molecule has 0 bridgehead atoms. The van der Waals surface area contributed by atoms with Crippen LogP contribution in [0.5, 0.6) is 0 Å². The Labute approximate surface area is 77.3 Å². The van der Waals surface area contributed by atoms with Crippen LogP contribution in [0.15, 0.2) is 30.3 Å². The molecule has 0 unspecified atom stereocenters. The Kier molecular flexibility index (Phi) is 3.85. The summed E-state index contributed by atoms with van der Waals surface area (Å²) in [5, 5.41) is 9.27. The lowest BCUT2D eigenvalue weighted by Crippen LogP contribution is -1.77. The molecule has 0 radical (unpaired) electrons. The molecular formula is C10H11ClO. The topological polar surface area (TPSA) is 20.2 Å². The summed E-state index contributed by atoms with van der Waals surface area (Å²) in [6, 6.07) is 7.62. The molecule has 0 aliphatic rings. The highest BCUT2D eigenvalue weighted by Gasteiger charge is 1.91. The van der Waals surface area contributed by atoms with Crippen LogP contribution in [0.1, 0.15) is 12.0 Å². The summed E-state index contributed by atoms with van der Waals surface area (Å²) >= 11 is 5.89. The number of aliphatic hydroxyl groups excluding tert-OH is 1. The molecule has 0 heterocycles. The predicted molar refractivity (Wildman–Crippen MR) is 52.2 cm³/mol. The summed E-state index contributed by atoms with van der Waals surface area (Å²) in [4.78, 5) is 0. The molecule has 0 amide bonds. The summed E-state index contributed by atoms with van der Waals surface area (Å²) in [6.07, 6.45) is 4.49. The van der Waals surface area contributed by atoms with Crippen molar-refractivity contribution in [3.05, 3.63) is 40.9 Å². The summed E-state index contributed by atoms with van der Waals surface area (Å²) in [5.41, 5.74) is 0.993. The van der Waals surface area contributed by atoms with Gasteiger partial charge in [-0.3, -0.25) is 0 Å². The van der Waals surface area contributed by atoms with Crippen molar-refractivity contribution >= 4 is 17.7 Å². The smallest absolute Gasteiger partial charge is 0.0478 e. The summed E-state index contributed by atoms with van der Waals surface area (Å²) < 4.78 is 0. The van der Waals surface area contributed by atoms with Gasteiger partial charge in [-0.05, 0) is 18.1 Å². The first-order chi connectivity index (χ1) is 5.84. The van der Waals surface area contributed by atoms with Gasteiger partial charge in [0.25, 0.3) is 0 Å². The van der Waals surface area contributed by atoms with Crippen molar-refractivity contribution in [1.29, 1.82) is 0 Å². The van der Waals surface area contributed by atoms with Gasteiger partial charge in [-0.25, -0.2) is 0 Å². The minimum atomic E-state index is 0.182. The Morgan fingerprint density at radius 2 is 2.08 bits per heavy atom. The first kappa shape index (κ1) is 9.30. The van der Waals surface area contributed by atoms with E-state index in [2.05, 4.69) is 0 Å². The van der Waals surface area contributed by atoms with Gasteiger partial charge < -0.3 is 5.11 Å². The zero-order valence-electron chi connectivity index (χ0n) is 6.70. The van der Waals surface area contributed by atoms with Gasteiger partial charge in [-0.15, -0.1) is 0 Å². The van der Waals surface area contributed by atoms with Crippen molar-refractivity contribution in [2.45, 2.75) is 6.42 Å². The second kappa shape index (κ2) is 4.96.